The van der Waals surface area contributed by atoms with Crippen molar-refractivity contribution in [2.45, 2.75) is 25.8 Å². The van der Waals surface area contributed by atoms with E-state index in [0.29, 0.717) is 0 Å². The summed E-state index contributed by atoms with van der Waals surface area (Å²) in [5.41, 5.74) is 11.4. The SMILES string of the molecule is CCc1ccc(CC(N)c2cccc(N(C)C)c2)cc1. The van der Waals surface area contributed by atoms with Crippen LogP contribution in [0.15, 0.2) is 48.5 Å². The molecule has 0 saturated heterocycles. The zero-order chi connectivity index (χ0) is 14.5. The van der Waals surface area contributed by atoms with Crippen LogP contribution in [0.1, 0.15) is 29.7 Å². The molecule has 106 valence electrons. The van der Waals surface area contributed by atoms with Gasteiger partial charge in [0.2, 0.25) is 0 Å². The fraction of sp³-hybridized carbons (Fsp3) is 0.333. The predicted octanol–water partition coefficient (Wildman–Crippen LogP) is 3.56. The first kappa shape index (κ1) is 14.6. The van der Waals surface area contributed by atoms with Gasteiger partial charge in [0.1, 0.15) is 0 Å². The average molecular weight is 268 g/mol. The molecule has 1 atom stereocenters. The summed E-state index contributed by atoms with van der Waals surface area (Å²) in [4.78, 5) is 2.10. The average Bonchev–Trinajstić information content (AvgIpc) is 2.48. The van der Waals surface area contributed by atoms with E-state index >= 15 is 0 Å². The van der Waals surface area contributed by atoms with E-state index in [1.54, 1.807) is 0 Å². The van der Waals surface area contributed by atoms with Crippen LogP contribution in [-0.2, 0) is 12.8 Å². The Hall–Kier alpha value is -1.80. The zero-order valence-electron chi connectivity index (χ0n) is 12.6. The molecule has 2 aromatic rings. The van der Waals surface area contributed by atoms with Crippen molar-refractivity contribution in [2.75, 3.05) is 19.0 Å². The standard InChI is InChI=1S/C18H24N2/c1-4-14-8-10-15(11-9-14)12-18(19)16-6-5-7-17(13-16)20(2)3/h5-11,13,18H,4,12,19H2,1-3H3. The third-order valence-electron chi connectivity index (χ3n) is 3.70. The summed E-state index contributed by atoms with van der Waals surface area (Å²) in [6.07, 6.45) is 1.96. The Morgan fingerprint density at radius 3 is 2.25 bits per heavy atom. The van der Waals surface area contributed by atoms with E-state index in [1.807, 2.05) is 14.1 Å². The van der Waals surface area contributed by atoms with Crippen LogP contribution in [0.5, 0.6) is 0 Å². The van der Waals surface area contributed by atoms with Crippen LogP contribution < -0.4 is 10.6 Å². The first-order chi connectivity index (χ1) is 9.60. The molecule has 0 aliphatic carbocycles. The minimum absolute atomic E-state index is 0.0439. The lowest BCUT2D eigenvalue weighted by Crippen LogP contribution is -2.15. The van der Waals surface area contributed by atoms with Crippen LogP contribution >= 0.6 is 0 Å². The summed E-state index contributed by atoms with van der Waals surface area (Å²) in [6.45, 7) is 2.17. The lowest BCUT2D eigenvalue weighted by atomic mass is 9.98. The van der Waals surface area contributed by atoms with Gasteiger partial charge < -0.3 is 10.6 Å². The highest BCUT2D eigenvalue weighted by Gasteiger charge is 2.08. The van der Waals surface area contributed by atoms with E-state index < -0.39 is 0 Å². The summed E-state index contributed by atoms with van der Waals surface area (Å²) in [5.74, 6) is 0. The highest BCUT2D eigenvalue weighted by Crippen LogP contribution is 2.21. The molecule has 20 heavy (non-hydrogen) atoms. The summed E-state index contributed by atoms with van der Waals surface area (Å²) in [5, 5.41) is 0. The maximum absolute atomic E-state index is 6.35. The van der Waals surface area contributed by atoms with Crippen molar-refractivity contribution in [2.24, 2.45) is 5.73 Å². The first-order valence-electron chi connectivity index (χ1n) is 7.21. The maximum Gasteiger partial charge on any atom is 0.0364 e. The molecule has 0 saturated carbocycles. The van der Waals surface area contributed by atoms with Gasteiger partial charge >= 0.3 is 0 Å². The van der Waals surface area contributed by atoms with Crippen molar-refractivity contribution < 1.29 is 0 Å². The molecular weight excluding hydrogens is 244 g/mol. The number of aryl methyl sites for hydroxylation is 1. The second-order valence-corrected chi connectivity index (χ2v) is 5.47. The Bertz CT molecular complexity index is 544. The Balaban J connectivity index is 2.10. The number of benzene rings is 2. The van der Waals surface area contributed by atoms with Crippen molar-refractivity contribution in [1.29, 1.82) is 0 Å². The minimum Gasteiger partial charge on any atom is -0.378 e. The molecule has 1 unspecified atom stereocenters. The highest BCUT2D eigenvalue weighted by atomic mass is 15.1. The summed E-state index contributed by atoms with van der Waals surface area (Å²) < 4.78 is 0. The molecule has 2 rings (SSSR count). The number of nitrogens with zero attached hydrogens (tertiary/aromatic N) is 1. The van der Waals surface area contributed by atoms with E-state index in [2.05, 4.69) is 60.4 Å². The Morgan fingerprint density at radius 1 is 1.00 bits per heavy atom. The van der Waals surface area contributed by atoms with Crippen molar-refractivity contribution in [3.8, 4) is 0 Å². The fourth-order valence-corrected chi connectivity index (χ4v) is 2.32. The molecule has 0 aliphatic heterocycles. The lowest BCUT2D eigenvalue weighted by Gasteiger charge is -2.17. The monoisotopic (exact) mass is 268 g/mol. The zero-order valence-corrected chi connectivity index (χ0v) is 12.6. The largest absolute Gasteiger partial charge is 0.378 e. The molecule has 0 fully saturated rings. The smallest absolute Gasteiger partial charge is 0.0364 e. The topological polar surface area (TPSA) is 29.3 Å². The normalized spacial score (nSPS) is 12.2. The molecule has 2 aromatic carbocycles. The van der Waals surface area contributed by atoms with Crippen LogP contribution in [0.25, 0.3) is 0 Å². The molecule has 2 nitrogen and oxygen atoms in total. The molecule has 2 N–H and O–H groups in total. The Morgan fingerprint density at radius 2 is 1.65 bits per heavy atom. The summed E-state index contributed by atoms with van der Waals surface area (Å²) in [7, 11) is 4.10. The van der Waals surface area contributed by atoms with E-state index in [0.717, 1.165) is 12.8 Å². The molecule has 2 heteroatoms. The summed E-state index contributed by atoms with van der Waals surface area (Å²) >= 11 is 0. The van der Waals surface area contributed by atoms with Crippen molar-refractivity contribution in [1.82, 2.24) is 0 Å². The summed E-state index contributed by atoms with van der Waals surface area (Å²) in [6, 6.07) is 17.3. The van der Waals surface area contributed by atoms with Crippen molar-refractivity contribution in [3.05, 3.63) is 65.2 Å². The third kappa shape index (κ3) is 3.61. The van der Waals surface area contributed by atoms with E-state index in [1.165, 1.54) is 22.4 Å². The van der Waals surface area contributed by atoms with Crippen molar-refractivity contribution in [3.63, 3.8) is 0 Å². The predicted molar refractivity (Wildman–Crippen MR) is 87.2 cm³/mol. The van der Waals surface area contributed by atoms with E-state index in [-0.39, 0.29) is 6.04 Å². The van der Waals surface area contributed by atoms with Gasteiger partial charge in [-0.25, -0.2) is 0 Å². The Kier molecular flexibility index (Phi) is 4.80. The van der Waals surface area contributed by atoms with Crippen LogP contribution in [0, 0.1) is 0 Å². The fourth-order valence-electron chi connectivity index (χ4n) is 2.32. The molecule has 0 spiro atoms. The quantitative estimate of drug-likeness (QED) is 0.898. The number of rotatable bonds is 5. The molecule has 0 bridgehead atoms. The second kappa shape index (κ2) is 6.58. The first-order valence-corrected chi connectivity index (χ1v) is 7.21. The van der Waals surface area contributed by atoms with E-state index in [9.17, 15) is 0 Å². The molecule has 0 radical (unpaired) electrons. The van der Waals surface area contributed by atoms with Crippen LogP contribution in [0.2, 0.25) is 0 Å². The van der Waals surface area contributed by atoms with Crippen molar-refractivity contribution >= 4 is 5.69 Å². The van der Waals surface area contributed by atoms with Gasteiger partial charge in [-0.05, 0) is 41.7 Å². The molecule has 0 heterocycles. The molecule has 0 amide bonds. The van der Waals surface area contributed by atoms with Crippen LogP contribution in [-0.4, -0.2) is 14.1 Å². The number of anilines is 1. The second-order valence-electron chi connectivity index (χ2n) is 5.47. The number of nitrogens with two attached hydrogens (primary N) is 1. The number of hydrogen-bond acceptors (Lipinski definition) is 2. The third-order valence-corrected chi connectivity index (χ3v) is 3.70. The van der Waals surface area contributed by atoms with Gasteiger partial charge in [0.05, 0.1) is 0 Å². The van der Waals surface area contributed by atoms with Gasteiger partial charge in [-0.2, -0.15) is 0 Å². The van der Waals surface area contributed by atoms with Gasteiger partial charge in [-0.15, -0.1) is 0 Å². The van der Waals surface area contributed by atoms with Gasteiger partial charge in [0.15, 0.2) is 0 Å². The van der Waals surface area contributed by atoms with Gasteiger partial charge in [-0.1, -0.05) is 43.3 Å². The van der Waals surface area contributed by atoms with Gasteiger partial charge in [0, 0.05) is 25.8 Å². The molecular formula is C18H24N2. The van der Waals surface area contributed by atoms with Crippen LogP contribution in [0.3, 0.4) is 0 Å². The Labute approximate surface area is 122 Å². The number of hydrogen-bond donors (Lipinski definition) is 1. The maximum atomic E-state index is 6.35. The lowest BCUT2D eigenvalue weighted by molar-refractivity contribution is 0.721. The van der Waals surface area contributed by atoms with Crippen LogP contribution in [0.4, 0.5) is 5.69 Å². The van der Waals surface area contributed by atoms with Gasteiger partial charge in [-0.3, -0.25) is 0 Å². The highest BCUT2D eigenvalue weighted by molar-refractivity contribution is 5.48. The molecule has 0 aliphatic rings. The minimum atomic E-state index is 0.0439. The van der Waals surface area contributed by atoms with Gasteiger partial charge in [0.25, 0.3) is 0 Å². The van der Waals surface area contributed by atoms with E-state index in [4.69, 9.17) is 5.73 Å². The molecule has 0 aromatic heterocycles.